The van der Waals surface area contributed by atoms with Gasteiger partial charge in [0.15, 0.2) is 11.6 Å². The lowest BCUT2D eigenvalue weighted by molar-refractivity contribution is -0.116. The zero-order chi connectivity index (χ0) is 17.1. The number of hydrogen-bond acceptors (Lipinski definition) is 5. The van der Waals surface area contributed by atoms with Crippen molar-refractivity contribution < 1.29 is 14.4 Å². The fourth-order valence-corrected chi connectivity index (χ4v) is 2.40. The van der Waals surface area contributed by atoms with Crippen LogP contribution in [0.4, 0.5) is 5.69 Å². The van der Waals surface area contributed by atoms with Gasteiger partial charge in [0.2, 0.25) is 0 Å². The van der Waals surface area contributed by atoms with Crippen LogP contribution in [0.15, 0.2) is 35.1 Å². The summed E-state index contributed by atoms with van der Waals surface area (Å²) in [4.78, 5) is 50.0. The van der Waals surface area contributed by atoms with Crippen LogP contribution in [-0.4, -0.2) is 22.3 Å². The van der Waals surface area contributed by atoms with E-state index in [1.165, 1.54) is 13.8 Å². The second-order valence-electron chi connectivity index (χ2n) is 5.22. The standard InChI is InChI=1S/C17H16N2O4/c1-9(20)8-12(22)14-15(18)13(10(2)21)17(23)19-16(14)11-6-4-3-5-7-11/h3-7H,8H2,1-2H3,(H3,18,19,23). The Morgan fingerprint density at radius 3 is 2.17 bits per heavy atom. The molecule has 0 saturated heterocycles. The molecule has 0 saturated carbocycles. The average Bonchev–Trinajstić information content (AvgIpc) is 2.46. The number of hydrogen-bond donors (Lipinski definition) is 2. The number of anilines is 1. The number of pyridine rings is 1. The van der Waals surface area contributed by atoms with Crippen molar-refractivity contribution in [3.63, 3.8) is 0 Å². The number of H-pyrrole nitrogens is 1. The summed E-state index contributed by atoms with van der Waals surface area (Å²) in [6.07, 6.45) is -0.354. The summed E-state index contributed by atoms with van der Waals surface area (Å²) in [5.74, 6) is -1.41. The van der Waals surface area contributed by atoms with E-state index in [1.807, 2.05) is 0 Å². The highest BCUT2D eigenvalue weighted by Crippen LogP contribution is 2.27. The fourth-order valence-electron chi connectivity index (χ4n) is 2.40. The molecule has 1 aromatic heterocycles. The lowest BCUT2D eigenvalue weighted by atomic mass is 9.95. The number of nitrogens with two attached hydrogens (primary N) is 1. The summed E-state index contributed by atoms with van der Waals surface area (Å²) in [5, 5.41) is 0. The van der Waals surface area contributed by atoms with E-state index in [4.69, 9.17) is 5.73 Å². The van der Waals surface area contributed by atoms with Gasteiger partial charge < -0.3 is 10.7 Å². The number of carbonyl (C=O) groups excluding carboxylic acids is 3. The molecule has 0 aliphatic rings. The summed E-state index contributed by atoms with van der Waals surface area (Å²) in [5.41, 5.74) is 5.59. The van der Waals surface area contributed by atoms with Crippen LogP contribution in [0.1, 0.15) is 41.0 Å². The molecular weight excluding hydrogens is 296 g/mol. The molecule has 0 spiro atoms. The number of rotatable bonds is 5. The number of ketones is 3. The van der Waals surface area contributed by atoms with E-state index in [1.54, 1.807) is 30.3 Å². The quantitative estimate of drug-likeness (QED) is 0.648. The van der Waals surface area contributed by atoms with Crippen LogP contribution in [0.2, 0.25) is 0 Å². The van der Waals surface area contributed by atoms with Crippen LogP contribution in [-0.2, 0) is 4.79 Å². The highest BCUT2D eigenvalue weighted by atomic mass is 16.2. The zero-order valence-corrected chi connectivity index (χ0v) is 12.8. The predicted molar refractivity (Wildman–Crippen MR) is 86.5 cm³/mol. The highest BCUT2D eigenvalue weighted by molar-refractivity contribution is 6.15. The molecule has 0 aliphatic carbocycles. The minimum atomic E-state index is -0.659. The Bertz CT molecular complexity index is 851. The first-order chi connectivity index (χ1) is 10.8. The number of aromatic nitrogens is 1. The number of benzene rings is 1. The molecule has 0 radical (unpaired) electrons. The van der Waals surface area contributed by atoms with E-state index >= 15 is 0 Å². The summed E-state index contributed by atoms with van der Waals surface area (Å²) in [6, 6.07) is 8.65. The van der Waals surface area contributed by atoms with Crippen LogP contribution in [0, 0.1) is 0 Å². The normalized spacial score (nSPS) is 10.3. The van der Waals surface area contributed by atoms with Crippen LogP contribution >= 0.6 is 0 Å². The Morgan fingerprint density at radius 1 is 1.04 bits per heavy atom. The van der Waals surface area contributed by atoms with Crippen molar-refractivity contribution in [1.29, 1.82) is 0 Å². The SMILES string of the molecule is CC(=O)CC(=O)c1c(-c2ccccc2)[nH]c(=O)c(C(C)=O)c1N. The number of carbonyl (C=O) groups is 3. The molecule has 0 fully saturated rings. The first kappa shape index (κ1) is 16.4. The zero-order valence-electron chi connectivity index (χ0n) is 12.8. The summed E-state index contributed by atoms with van der Waals surface area (Å²) >= 11 is 0. The van der Waals surface area contributed by atoms with Crippen LogP contribution in [0.25, 0.3) is 11.3 Å². The lowest BCUT2D eigenvalue weighted by Gasteiger charge is -2.13. The third-order valence-corrected chi connectivity index (χ3v) is 3.36. The third-order valence-electron chi connectivity index (χ3n) is 3.36. The van der Waals surface area contributed by atoms with Crippen LogP contribution < -0.4 is 11.3 Å². The number of nitrogens with one attached hydrogen (secondary N) is 1. The van der Waals surface area contributed by atoms with E-state index in [0.29, 0.717) is 5.56 Å². The Hall–Kier alpha value is -3.02. The summed E-state index contributed by atoms with van der Waals surface area (Å²) in [7, 11) is 0. The van der Waals surface area contributed by atoms with Gasteiger partial charge in [-0.3, -0.25) is 19.2 Å². The Labute approximate surface area is 132 Å². The van der Waals surface area contributed by atoms with Crippen molar-refractivity contribution >= 4 is 23.0 Å². The minimum Gasteiger partial charge on any atom is -0.397 e. The van der Waals surface area contributed by atoms with Gasteiger partial charge in [-0.25, -0.2) is 0 Å². The molecule has 0 bridgehead atoms. The molecule has 23 heavy (non-hydrogen) atoms. The van der Waals surface area contributed by atoms with Gasteiger partial charge in [-0.15, -0.1) is 0 Å². The van der Waals surface area contributed by atoms with Gasteiger partial charge in [0, 0.05) is 0 Å². The molecule has 2 aromatic rings. The molecule has 6 nitrogen and oxygen atoms in total. The van der Waals surface area contributed by atoms with Gasteiger partial charge in [0.1, 0.15) is 11.3 Å². The summed E-state index contributed by atoms with van der Waals surface area (Å²) < 4.78 is 0. The third kappa shape index (κ3) is 3.26. The van der Waals surface area contributed by atoms with Crippen molar-refractivity contribution in [3.8, 4) is 11.3 Å². The van der Waals surface area contributed by atoms with E-state index in [2.05, 4.69) is 4.98 Å². The molecule has 0 unspecified atom stereocenters. The molecule has 0 aliphatic heterocycles. The predicted octanol–water partition coefficient (Wildman–Crippen LogP) is 1.99. The molecule has 0 amide bonds. The van der Waals surface area contributed by atoms with Gasteiger partial charge >= 0.3 is 0 Å². The van der Waals surface area contributed by atoms with Crippen LogP contribution in [0.3, 0.4) is 0 Å². The first-order valence-electron chi connectivity index (χ1n) is 6.97. The van der Waals surface area contributed by atoms with Gasteiger partial charge in [-0.05, 0) is 19.4 Å². The van der Waals surface area contributed by atoms with Gasteiger partial charge in [-0.1, -0.05) is 30.3 Å². The smallest absolute Gasteiger partial charge is 0.261 e. The topological polar surface area (TPSA) is 110 Å². The fraction of sp³-hybridized carbons (Fsp3) is 0.176. The first-order valence-corrected chi connectivity index (χ1v) is 6.97. The average molecular weight is 312 g/mol. The molecular formula is C17H16N2O4. The van der Waals surface area contributed by atoms with Crippen molar-refractivity contribution in [2.75, 3.05) is 5.73 Å². The van der Waals surface area contributed by atoms with Crippen LogP contribution in [0.5, 0.6) is 0 Å². The Kier molecular flexibility index (Phi) is 4.55. The Balaban J connectivity index is 2.81. The van der Waals surface area contributed by atoms with Crippen molar-refractivity contribution in [1.82, 2.24) is 4.98 Å². The lowest BCUT2D eigenvalue weighted by Crippen LogP contribution is -2.24. The molecule has 1 aromatic carbocycles. The minimum absolute atomic E-state index is 0.00352. The number of Topliss-reactive ketones (excluding diaryl/α,β-unsaturated/α-hetero) is 3. The number of aromatic amines is 1. The monoisotopic (exact) mass is 312 g/mol. The van der Waals surface area contributed by atoms with Gasteiger partial charge in [0.25, 0.3) is 5.56 Å². The second kappa shape index (κ2) is 6.39. The summed E-state index contributed by atoms with van der Waals surface area (Å²) in [6.45, 7) is 2.48. The maximum Gasteiger partial charge on any atom is 0.261 e. The molecule has 0 atom stereocenters. The largest absolute Gasteiger partial charge is 0.397 e. The van der Waals surface area contributed by atoms with Crippen molar-refractivity contribution in [2.24, 2.45) is 0 Å². The maximum absolute atomic E-state index is 12.4. The molecule has 2 rings (SSSR count). The molecule has 3 N–H and O–H groups in total. The van der Waals surface area contributed by atoms with Gasteiger partial charge in [-0.2, -0.15) is 0 Å². The van der Waals surface area contributed by atoms with Crippen molar-refractivity contribution in [3.05, 3.63) is 51.8 Å². The van der Waals surface area contributed by atoms with Crippen molar-refractivity contribution in [2.45, 2.75) is 20.3 Å². The highest BCUT2D eigenvalue weighted by Gasteiger charge is 2.24. The van der Waals surface area contributed by atoms with E-state index < -0.39 is 17.1 Å². The van der Waals surface area contributed by atoms with E-state index in [-0.39, 0.29) is 34.7 Å². The Morgan fingerprint density at radius 2 is 1.65 bits per heavy atom. The molecule has 1 heterocycles. The number of nitrogen functional groups attached to an aromatic ring is 1. The van der Waals surface area contributed by atoms with E-state index in [9.17, 15) is 19.2 Å². The molecule has 118 valence electrons. The maximum atomic E-state index is 12.4. The van der Waals surface area contributed by atoms with E-state index in [0.717, 1.165) is 0 Å². The van der Waals surface area contributed by atoms with Gasteiger partial charge in [0.05, 0.1) is 23.4 Å². The molecule has 6 heteroatoms. The second-order valence-corrected chi connectivity index (χ2v) is 5.22.